The highest BCUT2D eigenvalue weighted by molar-refractivity contribution is 5.97. The van der Waals surface area contributed by atoms with E-state index in [1.807, 2.05) is 12.1 Å². The molecular formula is C21H28N2O4. The number of benzene rings is 1. The van der Waals surface area contributed by atoms with Crippen molar-refractivity contribution in [1.82, 2.24) is 10.2 Å². The highest BCUT2D eigenvalue weighted by Gasteiger charge is 2.49. The van der Waals surface area contributed by atoms with Gasteiger partial charge in [-0.2, -0.15) is 0 Å². The Morgan fingerprint density at radius 1 is 1.15 bits per heavy atom. The quantitative estimate of drug-likeness (QED) is 0.850. The Labute approximate surface area is 159 Å². The number of carbonyl (C=O) groups is 3. The van der Waals surface area contributed by atoms with Crippen molar-refractivity contribution in [2.24, 2.45) is 11.8 Å². The molecule has 2 fully saturated rings. The molecule has 1 heterocycles. The van der Waals surface area contributed by atoms with Gasteiger partial charge in [0.25, 0.3) is 5.91 Å². The first-order chi connectivity index (χ1) is 12.7. The van der Waals surface area contributed by atoms with Crippen molar-refractivity contribution in [3.05, 3.63) is 35.4 Å². The van der Waals surface area contributed by atoms with Gasteiger partial charge in [0, 0.05) is 12.1 Å². The van der Waals surface area contributed by atoms with E-state index in [0.29, 0.717) is 12.1 Å². The maximum Gasteiger partial charge on any atom is 0.326 e. The van der Waals surface area contributed by atoms with E-state index < -0.39 is 12.0 Å². The lowest BCUT2D eigenvalue weighted by Gasteiger charge is -2.24. The lowest BCUT2D eigenvalue weighted by atomic mass is 9.87. The molecule has 0 spiro atoms. The molecule has 27 heavy (non-hydrogen) atoms. The van der Waals surface area contributed by atoms with Gasteiger partial charge in [0.1, 0.15) is 6.04 Å². The third-order valence-electron chi connectivity index (χ3n) is 5.88. The molecule has 6 nitrogen and oxygen atoms in total. The van der Waals surface area contributed by atoms with Crippen molar-refractivity contribution in [3.8, 4) is 0 Å². The molecule has 3 atom stereocenters. The first-order valence-electron chi connectivity index (χ1n) is 9.59. The summed E-state index contributed by atoms with van der Waals surface area (Å²) in [5.74, 6) is -1.27. The highest BCUT2D eigenvalue weighted by atomic mass is 16.4. The minimum Gasteiger partial charge on any atom is -0.480 e. The van der Waals surface area contributed by atoms with Crippen LogP contribution in [0.15, 0.2) is 24.3 Å². The topological polar surface area (TPSA) is 86.7 Å². The van der Waals surface area contributed by atoms with Gasteiger partial charge in [-0.1, -0.05) is 39.3 Å². The van der Waals surface area contributed by atoms with Gasteiger partial charge in [0.15, 0.2) is 0 Å². The molecule has 2 N–H and O–H groups in total. The summed E-state index contributed by atoms with van der Waals surface area (Å²) in [5.41, 5.74) is 1.62. The predicted molar refractivity (Wildman–Crippen MR) is 101 cm³/mol. The fraction of sp³-hybridized carbons (Fsp3) is 0.571. The van der Waals surface area contributed by atoms with Crippen LogP contribution in [0, 0.1) is 11.8 Å². The molecule has 3 rings (SSSR count). The number of amides is 2. The van der Waals surface area contributed by atoms with Crippen molar-refractivity contribution in [3.63, 3.8) is 0 Å². The molecule has 1 aromatic carbocycles. The molecule has 0 aromatic heterocycles. The zero-order valence-electron chi connectivity index (χ0n) is 16.2. The minimum atomic E-state index is -0.943. The fourth-order valence-electron chi connectivity index (χ4n) is 4.36. The van der Waals surface area contributed by atoms with E-state index >= 15 is 0 Å². The van der Waals surface area contributed by atoms with Gasteiger partial charge in [0.2, 0.25) is 5.91 Å². The standard InChI is InChI=1S/C21H28N2O4/c1-21(2,3)15-9-7-13(8-10-15)19(25)22-11-17(24)23-12-14-5-4-6-16(14)18(23)20(26)27/h7-10,14,16,18H,4-6,11-12H2,1-3H3,(H,22,25)(H,26,27). The number of hydrogen-bond donors (Lipinski definition) is 2. The van der Waals surface area contributed by atoms with E-state index in [2.05, 4.69) is 26.1 Å². The number of likely N-dealkylation sites (tertiary alicyclic amines) is 1. The smallest absolute Gasteiger partial charge is 0.326 e. The van der Waals surface area contributed by atoms with Crippen molar-refractivity contribution < 1.29 is 19.5 Å². The minimum absolute atomic E-state index is 0.00460. The molecule has 1 saturated heterocycles. The molecule has 3 unspecified atom stereocenters. The second-order valence-electron chi connectivity index (χ2n) is 8.69. The maximum absolute atomic E-state index is 12.6. The Morgan fingerprint density at radius 3 is 2.41 bits per heavy atom. The Balaban J connectivity index is 1.60. The number of hydrogen-bond acceptors (Lipinski definition) is 3. The molecule has 1 saturated carbocycles. The first kappa shape index (κ1) is 19.4. The molecule has 1 aliphatic heterocycles. The Morgan fingerprint density at radius 2 is 1.81 bits per heavy atom. The number of rotatable bonds is 4. The van der Waals surface area contributed by atoms with E-state index in [1.54, 1.807) is 12.1 Å². The van der Waals surface area contributed by atoms with E-state index in [9.17, 15) is 19.5 Å². The third kappa shape index (κ3) is 3.99. The summed E-state index contributed by atoms with van der Waals surface area (Å²) in [6, 6.07) is 6.58. The lowest BCUT2D eigenvalue weighted by Crippen LogP contribution is -2.47. The van der Waals surface area contributed by atoms with Gasteiger partial charge in [0.05, 0.1) is 6.54 Å². The summed E-state index contributed by atoms with van der Waals surface area (Å²) in [7, 11) is 0. The van der Waals surface area contributed by atoms with E-state index in [-0.39, 0.29) is 35.6 Å². The number of carbonyl (C=O) groups excluding carboxylic acids is 2. The molecule has 6 heteroatoms. The van der Waals surface area contributed by atoms with Crippen molar-refractivity contribution in [1.29, 1.82) is 0 Å². The zero-order valence-corrected chi connectivity index (χ0v) is 16.2. The zero-order chi connectivity index (χ0) is 19.8. The van der Waals surface area contributed by atoms with Gasteiger partial charge in [-0.3, -0.25) is 9.59 Å². The Kier molecular flexibility index (Phi) is 5.27. The number of aliphatic carboxylic acids is 1. The summed E-state index contributed by atoms with van der Waals surface area (Å²) in [6.07, 6.45) is 2.87. The van der Waals surface area contributed by atoms with Crippen LogP contribution in [0.2, 0.25) is 0 Å². The van der Waals surface area contributed by atoms with Gasteiger partial charge in [-0.05, 0) is 47.8 Å². The van der Waals surface area contributed by atoms with E-state index in [4.69, 9.17) is 0 Å². The van der Waals surface area contributed by atoms with Gasteiger partial charge in [-0.15, -0.1) is 0 Å². The highest BCUT2D eigenvalue weighted by Crippen LogP contribution is 2.42. The van der Waals surface area contributed by atoms with Crippen LogP contribution in [0.5, 0.6) is 0 Å². The first-order valence-corrected chi connectivity index (χ1v) is 9.59. The summed E-state index contributed by atoms with van der Waals surface area (Å²) in [5, 5.41) is 12.2. The lowest BCUT2D eigenvalue weighted by molar-refractivity contribution is -0.149. The summed E-state index contributed by atoms with van der Waals surface area (Å²) in [4.78, 5) is 38.0. The largest absolute Gasteiger partial charge is 0.480 e. The number of carboxylic acid groups (broad SMARTS) is 1. The maximum atomic E-state index is 12.6. The molecular weight excluding hydrogens is 344 g/mol. The third-order valence-corrected chi connectivity index (χ3v) is 5.88. The molecule has 0 radical (unpaired) electrons. The SMILES string of the molecule is CC(C)(C)c1ccc(C(=O)NCC(=O)N2CC3CCCC3C2C(=O)O)cc1. The summed E-state index contributed by atoms with van der Waals surface area (Å²) < 4.78 is 0. The molecule has 2 aliphatic rings. The van der Waals surface area contributed by atoms with Crippen molar-refractivity contribution >= 4 is 17.8 Å². The predicted octanol–water partition coefficient (Wildman–Crippen LogP) is 2.43. The molecule has 146 valence electrons. The molecule has 1 aliphatic carbocycles. The molecule has 1 aromatic rings. The van der Waals surface area contributed by atoms with E-state index in [1.165, 1.54) is 4.90 Å². The Bertz CT molecular complexity index is 736. The normalized spacial score (nSPS) is 24.6. The number of nitrogens with zero attached hydrogens (tertiary/aromatic N) is 1. The number of nitrogens with one attached hydrogen (secondary N) is 1. The Hall–Kier alpha value is -2.37. The van der Waals surface area contributed by atoms with Crippen LogP contribution in [0.4, 0.5) is 0 Å². The monoisotopic (exact) mass is 372 g/mol. The second-order valence-corrected chi connectivity index (χ2v) is 8.69. The molecule has 0 bridgehead atoms. The van der Waals surface area contributed by atoms with Crippen LogP contribution in [0.1, 0.15) is 56.0 Å². The van der Waals surface area contributed by atoms with Gasteiger partial charge < -0.3 is 15.3 Å². The van der Waals surface area contributed by atoms with Gasteiger partial charge >= 0.3 is 5.97 Å². The average Bonchev–Trinajstić information content (AvgIpc) is 3.19. The van der Waals surface area contributed by atoms with E-state index in [0.717, 1.165) is 24.8 Å². The van der Waals surface area contributed by atoms with Crippen molar-refractivity contribution in [2.45, 2.75) is 51.5 Å². The number of fused-ring (bicyclic) bond motifs is 1. The summed E-state index contributed by atoms with van der Waals surface area (Å²) >= 11 is 0. The van der Waals surface area contributed by atoms with Crippen LogP contribution in [0.3, 0.4) is 0 Å². The van der Waals surface area contributed by atoms with Crippen LogP contribution >= 0.6 is 0 Å². The number of carboxylic acids is 1. The van der Waals surface area contributed by atoms with Crippen LogP contribution in [-0.2, 0) is 15.0 Å². The van der Waals surface area contributed by atoms with Gasteiger partial charge in [-0.25, -0.2) is 4.79 Å². The fourth-order valence-corrected chi connectivity index (χ4v) is 4.36. The summed E-state index contributed by atoms with van der Waals surface area (Å²) in [6.45, 7) is 6.61. The van der Waals surface area contributed by atoms with Crippen LogP contribution in [0.25, 0.3) is 0 Å². The van der Waals surface area contributed by atoms with Crippen LogP contribution < -0.4 is 5.32 Å². The van der Waals surface area contributed by atoms with Crippen LogP contribution in [-0.4, -0.2) is 46.9 Å². The molecule has 2 amide bonds. The second kappa shape index (κ2) is 7.33. The van der Waals surface area contributed by atoms with Crippen molar-refractivity contribution in [2.75, 3.05) is 13.1 Å². The average molecular weight is 372 g/mol.